The molecule has 0 aliphatic carbocycles. The lowest BCUT2D eigenvalue weighted by atomic mass is 10.4. The van der Waals surface area contributed by atoms with Gasteiger partial charge < -0.3 is 4.90 Å². The van der Waals surface area contributed by atoms with Crippen LogP contribution in [0.1, 0.15) is 29.5 Å². The third-order valence-corrected chi connectivity index (χ3v) is 3.27. The van der Waals surface area contributed by atoms with Gasteiger partial charge in [0.1, 0.15) is 0 Å². The second-order valence-electron chi connectivity index (χ2n) is 3.33. The van der Waals surface area contributed by atoms with E-state index in [0.29, 0.717) is 28.9 Å². The summed E-state index contributed by atoms with van der Waals surface area (Å²) in [7, 11) is 0. The summed E-state index contributed by atoms with van der Waals surface area (Å²) in [6.07, 6.45) is 0. The Hall–Kier alpha value is -1.50. The van der Waals surface area contributed by atoms with Crippen molar-refractivity contribution in [2.24, 2.45) is 0 Å². The van der Waals surface area contributed by atoms with Gasteiger partial charge in [0.05, 0.1) is 0 Å². The monoisotopic (exact) mass is 239 g/mol. The first-order valence-corrected chi connectivity index (χ1v) is 5.97. The van der Waals surface area contributed by atoms with Crippen LogP contribution in [0.15, 0.2) is 0 Å². The molecule has 0 aliphatic rings. The van der Waals surface area contributed by atoms with Gasteiger partial charge >= 0.3 is 0 Å². The van der Waals surface area contributed by atoms with Crippen LogP contribution in [-0.2, 0) is 0 Å². The molecule has 0 radical (unpaired) electrons. The van der Waals surface area contributed by atoms with Crippen LogP contribution >= 0.6 is 11.3 Å². The molecule has 0 aromatic carbocycles. The van der Waals surface area contributed by atoms with E-state index < -0.39 is 0 Å². The van der Waals surface area contributed by atoms with Crippen LogP contribution in [0, 0.1) is 6.92 Å². The first kappa shape index (κ1) is 11.0. The quantitative estimate of drug-likeness (QED) is 0.800. The summed E-state index contributed by atoms with van der Waals surface area (Å²) in [5, 5.41) is 12.5. The highest BCUT2D eigenvalue weighted by Gasteiger charge is 2.19. The number of rotatable bonds is 3. The lowest BCUT2D eigenvalue weighted by Crippen LogP contribution is -2.30. The third-order valence-electron chi connectivity index (χ3n) is 2.38. The molecular weight excluding hydrogens is 226 g/mol. The fraction of sp³-hybridized carbons (Fsp3) is 0.556. The van der Waals surface area contributed by atoms with Gasteiger partial charge in [0, 0.05) is 13.1 Å². The van der Waals surface area contributed by atoms with E-state index in [4.69, 9.17) is 0 Å². The van der Waals surface area contributed by atoms with Crippen LogP contribution in [0.3, 0.4) is 0 Å². The van der Waals surface area contributed by atoms with Gasteiger partial charge in [0.2, 0.25) is 9.97 Å². The van der Waals surface area contributed by atoms with E-state index in [1.807, 2.05) is 20.8 Å². The third kappa shape index (κ3) is 1.67. The first-order chi connectivity index (χ1) is 7.67. The average Bonchev–Trinajstić information content (AvgIpc) is 2.83. The fourth-order valence-corrected chi connectivity index (χ4v) is 2.30. The van der Waals surface area contributed by atoms with E-state index in [2.05, 4.69) is 15.3 Å². The molecule has 86 valence electrons. The number of fused-ring (bicyclic) bond motifs is 1. The summed E-state index contributed by atoms with van der Waals surface area (Å²) in [5.74, 6) is 0.657. The first-order valence-electron chi connectivity index (χ1n) is 5.15. The minimum absolute atomic E-state index is 0.0418. The Labute approximate surface area is 96.9 Å². The van der Waals surface area contributed by atoms with Gasteiger partial charge in [-0.15, -0.1) is 15.3 Å². The van der Waals surface area contributed by atoms with Crippen molar-refractivity contribution in [3.05, 3.63) is 10.8 Å². The van der Waals surface area contributed by atoms with Crippen LogP contribution in [0.2, 0.25) is 0 Å². The molecule has 0 spiro atoms. The molecule has 1 amide bonds. The molecule has 0 unspecified atom stereocenters. The maximum absolute atomic E-state index is 12.0. The number of nitrogens with zero attached hydrogens (tertiary/aromatic N) is 5. The van der Waals surface area contributed by atoms with Crippen LogP contribution in [0.4, 0.5) is 0 Å². The molecule has 0 fully saturated rings. The molecule has 0 bridgehead atoms. The van der Waals surface area contributed by atoms with Crippen LogP contribution in [-0.4, -0.2) is 43.7 Å². The molecule has 0 saturated heterocycles. The van der Waals surface area contributed by atoms with Gasteiger partial charge in [-0.2, -0.15) is 4.52 Å². The van der Waals surface area contributed by atoms with Gasteiger partial charge in [0.25, 0.3) is 5.91 Å². The average molecular weight is 239 g/mol. The Morgan fingerprint density at radius 2 is 2.06 bits per heavy atom. The van der Waals surface area contributed by atoms with Gasteiger partial charge in [-0.1, -0.05) is 11.3 Å². The molecule has 6 nitrogen and oxygen atoms in total. The standard InChI is InChI=1S/C9H13N5OS/c1-4-13(5-2)8(15)7-12-14-6(3)10-11-9(14)16-7/h4-5H2,1-3H3. The highest BCUT2D eigenvalue weighted by Crippen LogP contribution is 2.15. The van der Waals surface area contributed by atoms with Crippen LogP contribution < -0.4 is 0 Å². The largest absolute Gasteiger partial charge is 0.337 e. The minimum Gasteiger partial charge on any atom is -0.337 e. The van der Waals surface area contributed by atoms with Crippen molar-refractivity contribution in [3.8, 4) is 0 Å². The molecule has 0 saturated carbocycles. The SMILES string of the molecule is CCN(CC)C(=O)c1nn2c(C)nnc2s1. The molecule has 16 heavy (non-hydrogen) atoms. The number of carbonyl (C=O) groups is 1. The second-order valence-corrected chi connectivity index (χ2v) is 4.28. The number of carbonyl (C=O) groups excluding carboxylic acids is 1. The van der Waals surface area contributed by atoms with Gasteiger partial charge in [-0.05, 0) is 20.8 Å². The summed E-state index contributed by atoms with van der Waals surface area (Å²) in [6, 6.07) is 0. The Bertz CT molecular complexity index is 513. The summed E-state index contributed by atoms with van der Waals surface area (Å²) in [5.41, 5.74) is 0. The summed E-state index contributed by atoms with van der Waals surface area (Å²) in [6.45, 7) is 7.09. The molecule has 2 heterocycles. The Balaban J connectivity index is 2.36. The minimum atomic E-state index is -0.0418. The maximum Gasteiger partial charge on any atom is 0.284 e. The van der Waals surface area contributed by atoms with E-state index in [-0.39, 0.29) is 5.91 Å². The molecule has 7 heteroatoms. The van der Waals surface area contributed by atoms with Gasteiger partial charge in [-0.3, -0.25) is 4.79 Å². The summed E-state index contributed by atoms with van der Waals surface area (Å²) < 4.78 is 1.60. The molecule has 2 rings (SSSR count). The lowest BCUT2D eigenvalue weighted by Gasteiger charge is -2.16. The number of hydrogen-bond acceptors (Lipinski definition) is 5. The molecule has 0 atom stereocenters. The molecule has 0 N–H and O–H groups in total. The zero-order chi connectivity index (χ0) is 11.7. The van der Waals surface area contributed by atoms with Crippen molar-refractivity contribution in [2.75, 3.05) is 13.1 Å². The van der Waals surface area contributed by atoms with Gasteiger partial charge in [-0.25, -0.2) is 0 Å². The number of aromatic nitrogens is 4. The Morgan fingerprint density at radius 1 is 1.38 bits per heavy atom. The number of aryl methyl sites for hydroxylation is 1. The van der Waals surface area contributed by atoms with E-state index >= 15 is 0 Å². The molecule has 2 aromatic heterocycles. The Morgan fingerprint density at radius 3 is 2.62 bits per heavy atom. The van der Waals surface area contributed by atoms with Crippen LogP contribution in [0.5, 0.6) is 0 Å². The van der Waals surface area contributed by atoms with Crippen molar-refractivity contribution in [2.45, 2.75) is 20.8 Å². The van der Waals surface area contributed by atoms with E-state index in [0.717, 1.165) is 0 Å². The summed E-state index contributed by atoms with van der Waals surface area (Å²) in [4.78, 5) is 14.4. The smallest absolute Gasteiger partial charge is 0.284 e. The van der Waals surface area contributed by atoms with Crippen molar-refractivity contribution in [1.29, 1.82) is 0 Å². The lowest BCUT2D eigenvalue weighted by molar-refractivity contribution is 0.0771. The topological polar surface area (TPSA) is 63.4 Å². The highest BCUT2D eigenvalue weighted by molar-refractivity contribution is 7.18. The zero-order valence-corrected chi connectivity index (χ0v) is 10.3. The van der Waals surface area contributed by atoms with Crippen molar-refractivity contribution in [1.82, 2.24) is 24.7 Å². The predicted octanol–water partition coefficient (Wildman–Crippen LogP) is 0.976. The van der Waals surface area contributed by atoms with Crippen molar-refractivity contribution < 1.29 is 4.79 Å². The maximum atomic E-state index is 12.0. The number of hydrogen-bond donors (Lipinski definition) is 0. The van der Waals surface area contributed by atoms with Crippen molar-refractivity contribution >= 4 is 22.2 Å². The normalized spacial score (nSPS) is 10.9. The van der Waals surface area contributed by atoms with E-state index in [1.165, 1.54) is 11.3 Å². The highest BCUT2D eigenvalue weighted by atomic mass is 32.1. The molecular formula is C9H13N5OS. The van der Waals surface area contributed by atoms with Crippen molar-refractivity contribution in [3.63, 3.8) is 0 Å². The van der Waals surface area contributed by atoms with E-state index in [1.54, 1.807) is 9.42 Å². The number of amides is 1. The van der Waals surface area contributed by atoms with Crippen LogP contribution in [0.25, 0.3) is 4.96 Å². The Kier molecular flexibility index (Phi) is 2.86. The van der Waals surface area contributed by atoms with E-state index in [9.17, 15) is 4.79 Å². The fourth-order valence-electron chi connectivity index (χ4n) is 1.45. The predicted molar refractivity (Wildman–Crippen MR) is 60.6 cm³/mol. The summed E-state index contributed by atoms with van der Waals surface area (Å²) >= 11 is 1.27. The molecule has 0 aliphatic heterocycles. The molecule has 2 aromatic rings. The van der Waals surface area contributed by atoms with Gasteiger partial charge in [0.15, 0.2) is 5.82 Å². The second kappa shape index (κ2) is 4.17. The zero-order valence-electron chi connectivity index (χ0n) is 9.47.